The maximum Gasteiger partial charge on any atom is 0.341 e. The van der Waals surface area contributed by atoms with Gasteiger partial charge in [-0.2, -0.15) is 0 Å². The summed E-state index contributed by atoms with van der Waals surface area (Å²) < 4.78 is 15.1. The average Bonchev–Trinajstić information content (AvgIpc) is 3.09. The fraction of sp³-hybridized carbons (Fsp3) is 0.476. The number of halogens is 2. The first-order chi connectivity index (χ1) is 13.7. The minimum Gasteiger partial charge on any atom is -0.477 e. The Kier molecular flexibility index (Phi) is 6.27. The highest BCUT2D eigenvalue weighted by atomic mass is 35.5. The lowest BCUT2D eigenvalue weighted by Crippen LogP contribution is -2.43. The number of rotatable bonds is 5. The lowest BCUT2D eigenvalue weighted by molar-refractivity contribution is -0.123. The van der Waals surface area contributed by atoms with E-state index in [1.807, 2.05) is 13.8 Å². The molecule has 0 unspecified atom stereocenters. The molecule has 0 aliphatic heterocycles. The van der Waals surface area contributed by atoms with Gasteiger partial charge in [-0.1, -0.05) is 18.5 Å². The summed E-state index contributed by atoms with van der Waals surface area (Å²) >= 11 is 5.73. The predicted octanol–water partition coefficient (Wildman–Crippen LogP) is 4.93. The van der Waals surface area contributed by atoms with Gasteiger partial charge in [-0.3, -0.25) is 9.69 Å². The van der Waals surface area contributed by atoms with Crippen molar-refractivity contribution in [1.29, 1.82) is 0 Å². The summed E-state index contributed by atoms with van der Waals surface area (Å²) in [5.41, 5.74) is 0.217. The van der Waals surface area contributed by atoms with Crippen LogP contribution in [0.15, 0.2) is 24.4 Å². The summed E-state index contributed by atoms with van der Waals surface area (Å²) in [6.45, 7) is 5.84. The van der Waals surface area contributed by atoms with Crippen molar-refractivity contribution in [3.63, 3.8) is 0 Å². The molecule has 1 N–H and O–H groups in total. The van der Waals surface area contributed by atoms with Crippen LogP contribution < -0.4 is 4.90 Å². The third-order valence-corrected chi connectivity index (χ3v) is 5.75. The highest BCUT2D eigenvalue weighted by molar-refractivity contribution is 6.30. The van der Waals surface area contributed by atoms with Crippen LogP contribution >= 0.6 is 11.6 Å². The monoisotopic (exact) mass is 421 g/mol. The molecule has 1 aliphatic carbocycles. The van der Waals surface area contributed by atoms with Crippen LogP contribution in [0.5, 0.6) is 0 Å². The first-order valence-electron chi connectivity index (χ1n) is 9.80. The van der Waals surface area contributed by atoms with Crippen LogP contribution in [0.4, 0.5) is 10.2 Å². The van der Waals surface area contributed by atoms with Crippen molar-refractivity contribution < 1.29 is 19.1 Å². The minimum absolute atomic E-state index is 0.0369. The summed E-state index contributed by atoms with van der Waals surface area (Å²) in [6, 6.07) is 3.82. The maximum atomic E-state index is 13.9. The van der Waals surface area contributed by atoms with Crippen LogP contribution in [0.2, 0.25) is 5.02 Å². The zero-order valence-corrected chi connectivity index (χ0v) is 17.5. The summed E-state index contributed by atoms with van der Waals surface area (Å²) in [4.78, 5) is 26.6. The van der Waals surface area contributed by atoms with Crippen LogP contribution in [-0.2, 0) is 4.79 Å². The van der Waals surface area contributed by atoms with E-state index in [2.05, 4.69) is 12.0 Å². The third kappa shape index (κ3) is 4.45. The smallest absolute Gasteiger partial charge is 0.341 e. The van der Waals surface area contributed by atoms with Crippen molar-refractivity contribution >= 4 is 29.3 Å². The Morgan fingerprint density at radius 3 is 2.48 bits per heavy atom. The van der Waals surface area contributed by atoms with Gasteiger partial charge in [-0.25, -0.2) is 13.9 Å². The highest BCUT2D eigenvalue weighted by Gasteiger charge is 2.34. The Morgan fingerprint density at radius 1 is 1.28 bits per heavy atom. The van der Waals surface area contributed by atoms with Gasteiger partial charge >= 0.3 is 5.97 Å². The van der Waals surface area contributed by atoms with Crippen molar-refractivity contribution in [1.82, 2.24) is 9.78 Å². The Balaban J connectivity index is 2.01. The van der Waals surface area contributed by atoms with E-state index in [4.69, 9.17) is 11.6 Å². The number of hydrogen-bond donors (Lipinski definition) is 1. The van der Waals surface area contributed by atoms with Gasteiger partial charge in [-0.05, 0) is 57.6 Å². The zero-order chi connectivity index (χ0) is 21.3. The second kappa shape index (κ2) is 8.53. The lowest BCUT2D eigenvalue weighted by Gasteiger charge is -2.32. The number of benzene rings is 1. The van der Waals surface area contributed by atoms with E-state index in [-0.39, 0.29) is 34.3 Å². The number of amides is 1. The average molecular weight is 422 g/mol. The van der Waals surface area contributed by atoms with Crippen molar-refractivity contribution in [2.75, 3.05) is 4.90 Å². The molecule has 1 saturated carbocycles. The molecule has 1 aromatic heterocycles. The molecule has 1 heterocycles. The second-order valence-electron chi connectivity index (χ2n) is 7.97. The summed E-state index contributed by atoms with van der Waals surface area (Å²) in [5, 5.41) is 14.0. The summed E-state index contributed by atoms with van der Waals surface area (Å²) in [7, 11) is 0. The first kappa shape index (κ1) is 21.3. The van der Waals surface area contributed by atoms with E-state index in [9.17, 15) is 19.1 Å². The molecule has 1 amide bonds. The third-order valence-electron chi connectivity index (χ3n) is 5.44. The van der Waals surface area contributed by atoms with Gasteiger partial charge in [0, 0.05) is 24.2 Å². The molecule has 0 radical (unpaired) electrons. The fourth-order valence-corrected chi connectivity index (χ4v) is 3.88. The van der Waals surface area contributed by atoms with Crippen LogP contribution in [0.3, 0.4) is 0 Å². The molecule has 0 saturated heterocycles. The maximum absolute atomic E-state index is 13.9. The van der Waals surface area contributed by atoms with Gasteiger partial charge < -0.3 is 5.11 Å². The molecule has 1 aliphatic rings. The molecule has 1 aromatic carbocycles. The zero-order valence-electron chi connectivity index (χ0n) is 16.7. The van der Waals surface area contributed by atoms with E-state index >= 15 is 0 Å². The van der Waals surface area contributed by atoms with Crippen LogP contribution in [0.25, 0.3) is 5.69 Å². The Morgan fingerprint density at radius 2 is 1.93 bits per heavy atom. The normalized spacial score (nSPS) is 19.4. The second-order valence-corrected chi connectivity index (χ2v) is 8.38. The van der Waals surface area contributed by atoms with Crippen molar-refractivity contribution in [3.8, 4) is 5.69 Å². The number of aromatic nitrogens is 2. The number of aromatic carboxylic acids is 1. The molecule has 0 atom stereocenters. The summed E-state index contributed by atoms with van der Waals surface area (Å²) in [5.74, 6) is -1.41. The Labute approximate surface area is 174 Å². The van der Waals surface area contributed by atoms with Crippen molar-refractivity contribution in [3.05, 3.63) is 40.8 Å². The van der Waals surface area contributed by atoms with E-state index in [1.165, 1.54) is 34.0 Å². The van der Waals surface area contributed by atoms with E-state index in [0.717, 1.165) is 25.7 Å². The molecule has 3 rings (SSSR count). The van der Waals surface area contributed by atoms with Crippen LogP contribution in [0.1, 0.15) is 56.8 Å². The van der Waals surface area contributed by atoms with Gasteiger partial charge in [0.05, 0.1) is 10.7 Å². The number of carboxylic acid groups (broad SMARTS) is 1. The standard InChI is InChI=1S/C21H25ClFN3O3/c1-12(2)26(20(27)14-6-4-13(3)5-7-14)19-16(21(28)29)11-25(24-19)15-8-9-17(22)18(23)10-15/h8-14H,4-7H2,1-3H3,(H,28,29)/t13-,14-. The van der Waals surface area contributed by atoms with Crippen LogP contribution in [0, 0.1) is 17.7 Å². The van der Waals surface area contributed by atoms with Gasteiger partial charge in [0.1, 0.15) is 11.4 Å². The molecule has 0 spiro atoms. The molecular weight excluding hydrogens is 397 g/mol. The van der Waals surface area contributed by atoms with E-state index < -0.39 is 11.8 Å². The number of nitrogens with zero attached hydrogens (tertiary/aromatic N) is 3. The molecular formula is C21H25ClFN3O3. The fourth-order valence-electron chi connectivity index (χ4n) is 3.76. The minimum atomic E-state index is -1.20. The van der Waals surface area contributed by atoms with E-state index in [0.29, 0.717) is 11.6 Å². The largest absolute Gasteiger partial charge is 0.477 e. The number of hydrogen-bond acceptors (Lipinski definition) is 3. The van der Waals surface area contributed by atoms with Crippen molar-refractivity contribution in [2.45, 2.75) is 52.5 Å². The first-order valence-corrected chi connectivity index (χ1v) is 10.2. The lowest BCUT2D eigenvalue weighted by atomic mass is 9.82. The molecule has 156 valence electrons. The number of carbonyl (C=O) groups excluding carboxylic acids is 1. The van der Waals surface area contributed by atoms with Crippen molar-refractivity contribution in [2.24, 2.45) is 11.8 Å². The Bertz CT molecular complexity index is 920. The molecule has 6 nitrogen and oxygen atoms in total. The van der Waals surface area contributed by atoms with Crippen LogP contribution in [-0.4, -0.2) is 32.8 Å². The summed E-state index contributed by atoms with van der Waals surface area (Å²) in [6.07, 6.45) is 4.83. The molecule has 8 heteroatoms. The number of carbonyl (C=O) groups is 2. The van der Waals surface area contributed by atoms with Gasteiger partial charge in [0.2, 0.25) is 5.91 Å². The number of carboxylic acids is 1. The molecule has 0 bridgehead atoms. The topological polar surface area (TPSA) is 75.4 Å². The Hall–Kier alpha value is -2.41. The molecule has 29 heavy (non-hydrogen) atoms. The predicted molar refractivity (Wildman–Crippen MR) is 109 cm³/mol. The van der Waals surface area contributed by atoms with Gasteiger partial charge in [-0.15, -0.1) is 5.10 Å². The van der Waals surface area contributed by atoms with E-state index in [1.54, 1.807) is 0 Å². The van der Waals surface area contributed by atoms with Gasteiger partial charge in [0.15, 0.2) is 5.82 Å². The van der Waals surface area contributed by atoms with Gasteiger partial charge in [0.25, 0.3) is 0 Å². The SMILES string of the molecule is CC(C)N(c1nn(-c2ccc(Cl)c(F)c2)cc1C(=O)O)C(=O)[C@H]1CC[C@H](C)CC1. The quantitative estimate of drug-likeness (QED) is 0.742. The number of anilines is 1. The highest BCUT2D eigenvalue weighted by Crippen LogP contribution is 2.33. The molecule has 1 fully saturated rings. The molecule has 2 aromatic rings.